The molecule has 0 heterocycles. The average molecular weight is 339 g/mol. The number of rotatable bonds is 3. The van der Waals surface area contributed by atoms with Crippen LogP contribution >= 0.6 is 11.6 Å². The van der Waals surface area contributed by atoms with Gasteiger partial charge >= 0.3 is 12.3 Å². The van der Waals surface area contributed by atoms with Gasteiger partial charge in [-0.2, -0.15) is 13.2 Å². The lowest BCUT2D eigenvalue weighted by molar-refractivity contribution is -0.137. The highest BCUT2D eigenvalue weighted by molar-refractivity contribution is 6.31. The largest absolute Gasteiger partial charge is 0.444 e. The first-order valence-electron chi connectivity index (χ1n) is 6.50. The summed E-state index contributed by atoms with van der Waals surface area (Å²) in [5, 5.41) is 2.05. The third-order valence-corrected chi connectivity index (χ3v) is 2.94. The van der Waals surface area contributed by atoms with Crippen LogP contribution in [0, 0.1) is 0 Å². The van der Waals surface area contributed by atoms with Gasteiger partial charge in [0, 0.05) is 6.54 Å². The van der Waals surface area contributed by atoms with Gasteiger partial charge in [0.05, 0.1) is 16.6 Å². The normalized spacial score (nSPS) is 13.6. The molecule has 8 heteroatoms. The van der Waals surface area contributed by atoms with Crippen molar-refractivity contribution in [3.05, 3.63) is 34.3 Å². The van der Waals surface area contributed by atoms with Crippen LogP contribution < -0.4 is 11.1 Å². The second-order valence-corrected chi connectivity index (χ2v) is 6.08. The van der Waals surface area contributed by atoms with Crippen LogP contribution in [0.5, 0.6) is 0 Å². The van der Waals surface area contributed by atoms with E-state index in [4.69, 9.17) is 22.1 Å². The molecule has 3 N–H and O–H groups in total. The summed E-state index contributed by atoms with van der Waals surface area (Å²) in [6, 6.07) is 2.52. The van der Waals surface area contributed by atoms with Gasteiger partial charge in [-0.3, -0.25) is 0 Å². The maximum Gasteiger partial charge on any atom is 0.417 e. The summed E-state index contributed by atoms with van der Waals surface area (Å²) in [6.07, 6.45) is -5.24. The summed E-state index contributed by atoms with van der Waals surface area (Å²) in [6.45, 7) is 5.07. The van der Waals surface area contributed by atoms with Crippen molar-refractivity contribution in [2.45, 2.75) is 38.6 Å². The zero-order chi connectivity index (χ0) is 17.1. The maximum absolute atomic E-state index is 12.7. The number of benzene rings is 1. The SMILES string of the molecule is CC(C)(C)OC(=O)NC(CN)c1ccc(C(F)(F)F)c(Cl)c1. The number of ether oxygens (including phenoxy) is 1. The fourth-order valence-corrected chi connectivity index (χ4v) is 2.00. The van der Waals surface area contributed by atoms with E-state index >= 15 is 0 Å². The van der Waals surface area contributed by atoms with E-state index in [0.29, 0.717) is 5.56 Å². The van der Waals surface area contributed by atoms with Crippen molar-refractivity contribution in [3.63, 3.8) is 0 Å². The molecule has 1 aromatic carbocycles. The van der Waals surface area contributed by atoms with Crippen LogP contribution in [-0.4, -0.2) is 18.2 Å². The Morgan fingerprint density at radius 3 is 2.36 bits per heavy atom. The number of carbonyl (C=O) groups excluding carboxylic acids is 1. The molecule has 0 radical (unpaired) electrons. The lowest BCUT2D eigenvalue weighted by Crippen LogP contribution is -2.37. The first-order valence-corrected chi connectivity index (χ1v) is 6.88. The van der Waals surface area contributed by atoms with E-state index in [2.05, 4.69) is 5.32 Å². The Hall–Kier alpha value is -1.47. The molecular weight excluding hydrogens is 321 g/mol. The Labute approximate surface area is 131 Å². The molecule has 124 valence electrons. The molecule has 0 saturated carbocycles. The van der Waals surface area contributed by atoms with E-state index < -0.39 is 34.5 Å². The number of nitrogens with one attached hydrogen (secondary N) is 1. The molecule has 0 aliphatic heterocycles. The van der Waals surface area contributed by atoms with Crippen molar-refractivity contribution < 1.29 is 22.7 Å². The second kappa shape index (κ2) is 6.75. The van der Waals surface area contributed by atoms with E-state index in [-0.39, 0.29) is 6.54 Å². The molecule has 1 atom stereocenters. The van der Waals surface area contributed by atoms with Crippen molar-refractivity contribution in [3.8, 4) is 0 Å². The van der Waals surface area contributed by atoms with E-state index in [1.54, 1.807) is 20.8 Å². The molecular formula is C14H18ClF3N2O2. The topological polar surface area (TPSA) is 64.3 Å². The van der Waals surface area contributed by atoms with Crippen molar-refractivity contribution >= 4 is 17.7 Å². The van der Waals surface area contributed by atoms with Crippen molar-refractivity contribution in [2.75, 3.05) is 6.54 Å². The van der Waals surface area contributed by atoms with E-state index in [1.807, 2.05) is 0 Å². The highest BCUT2D eigenvalue weighted by Gasteiger charge is 2.33. The molecule has 0 fully saturated rings. The summed E-state index contributed by atoms with van der Waals surface area (Å²) < 4.78 is 43.1. The molecule has 1 aromatic rings. The third-order valence-electron chi connectivity index (χ3n) is 2.63. The van der Waals surface area contributed by atoms with Crippen LogP contribution in [0.3, 0.4) is 0 Å². The molecule has 1 unspecified atom stereocenters. The Morgan fingerprint density at radius 1 is 1.36 bits per heavy atom. The van der Waals surface area contributed by atoms with Crippen LogP contribution in [0.2, 0.25) is 5.02 Å². The monoisotopic (exact) mass is 338 g/mol. The van der Waals surface area contributed by atoms with Gasteiger partial charge in [-0.1, -0.05) is 17.7 Å². The molecule has 0 spiro atoms. The van der Waals surface area contributed by atoms with Crippen LogP contribution in [0.25, 0.3) is 0 Å². The van der Waals surface area contributed by atoms with Gasteiger partial charge in [-0.15, -0.1) is 0 Å². The summed E-state index contributed by atoms with van der Waals surface area (Å²) in [7, 11) is 0. The molecule has 0 aliphatic rings. The summed E-state index contributed by atoms with van der Waals surface area (Å²) >= 11 is 5.65. The van der Waals surface area contributed by atoms with Crippen molar-refractivity contribution in [1.29, 1.82) is 0 Å². The lowest BCUT2D eigenvalue weighted by atomic mass is 10.0. The van der Waals surface area contributed by atoms with E-state index in [0.717, 1.165) is 12.1 Å². The van der Waals surface area contributed by atoms with Gasteiger partial charge in [0.2, 0.25) is 0 Å². The predicted molar refractivity (Wildman–Crippen MR) is 77.6 cm³/mol. The Bertz CT molecular complexity index is 542. The first-order chi connectivity index (χ1) is 9.94. The molecule has 0 aromatic heterocycles. The average Bonchev–Trinajstić information content (AvgIpc) is 2.32. The molecule has 0 saturated heterocycles. The van der Waals surface area contributed by atoms with Gasteiger partial charge in [0.15, 0.2) is 0 Å². The van der Waals surface area contributed by atoms with E-state index in [1.165, 1.54) is 6.07 Å². The fourth-order valence-electron chi connectivity index (χ4n) is 1.71. The molecule has 22 heavy (non-hydrogen) atoms. The molecule has 4 nitrogen and oxygen atoms in total. The predicted octanol–water partition coefficient (Wildman–Crippen LogP) is 3.88. The number of halogens is 4. The van der Waals surface area contributed by atoms with Gasteiger partial charge in [0.1, 0.15) is 5.60 Å². The maximum atomic E-state index is 12.7. The minimum Gasteiger partial charge on any atom is -0.444 e. The van der Waals surface area contributed by atoms with Gasteiger partial charge < -0.3 is 15.8 Å². The minimum absolute atomic E-state index is 0.0130. The van der Waals surface area contributed by atoms with Crippen LogP contribution in [0.1, 0.15) is 37.9 Å². The number of alkyl carbamates (subject to hydrolysis) is 1. The first kappa shape index (κ1) is 18.6. The number of carbonyl (C=O) groups is 1. The zero-order valence-electron chi connectivity index (χ0n) is 12.4. The van der Waals surface area contributed by atoms with E-state index in [9.17, 15) is 18.0 Å². The molecule has 1 amide bonds. The smallest absolute Gasteiger partial charge is 0.417 e. The Morgan fingerprint density at radius 2 is 1.95 bits per heavy atom. The number of amides is 1. The number of nitrogens with two attached hydrogens (primary N) is 1. The fraction of sp³-hybridized carbons (Fsp3) is 0.500. The van der Waals surface area contributed by atoms with Crippen LogP contribution in [0.4, 0.5) is 18.0 Å². The summed E-state index contributed by atoms with van der Waals surface area (Å²) in [5.74, 6) is 0. The lowest BCUT2D eigenvalue weighted by Gasteiger charge is -2.23. The number of hydrogen-bond donors (Lipinski definition) is 2. The highest BCUT2D eigenvalue weighted by atomic mass is 35.5. The second-order valence-electron chi connectivity index (χ2n) is 5.67. The minimum atomic E-state index is -4.54. The standard InChI is InChI=1S/C14H18ClF3N2O2/c1-13(2,3)22-12(21)20-11(7-19)8-4-5-9(10(15)6-8)14(16,17)18/h4-6,11H,7,19H2,1-3H3,(H,20,21). The molecule has 0 aliphatic carbocycles. The Balaban J connectivity index is 2.92. The van der Waals surface area contributed by atoms with Crippen molar-refractivity contribution in [2.24, 2.45) is 5.73 Å². The van der Waals surface area contributed by atoms with Gasteiger partial charge in [-0.05, 0) is 38.5 Å². The molecule has 0 bridgehead atoms. The van der Waals surface area contributed by atoms with Crippen LogP contribution in [-0.2, 0) is 10.9 Å². The zero-order valence-corrected chi connectivity index (χ0v) is 13.2. The quantitative estimate of drug-likeness (QED) is 0.879. The van der Waals surface area contributed by atoms with Gasteiger partial charge in [-0.25, -0.2) is 4.79 Å². The Kier molecular flexibility index (Phi) is 5.70. The van der Waals surface area contributed by atoms with Crippen LogP contribution in [0.15, 0.2) is 18.2 Å². The number of alkyl halides is 3. The molecule has 1 rings (SSSR count). The third kappa shape index (κ3) is 5.38. The van der Waals surface area contributed by atoms with Crippen molar-refractivity contribution in [1.82, 2.24) is 5.32 Å². The summed E-state index contributed by atoms with van der Waals surface area (Å²) in [4.78, 5) is 11.7. The summed E-state index contributed by atoms with van der Waals surface area (Å²) in [5.41, 5.74) is 4.29. The highest BCUT2D eigenvalue weighted by Crippen LogP contribution is 2.35. The van der Waals surface area contributed by atoms with Gasteiger partial charge in [0.25, 0.3) is 0 Å². The number of hydrogen-bond acceptors (Lipinski definition) is 3.